The molecule has 3 rings (SSSR count). The molecular weight excluding hydrogens is 378 g/mol. The van der Waals surface area contributed by atoms with Gasteiger partial charge in [0.2, 0.25) is 5.91 Å². The molecular formula is C16H14BrN3O2S. The lowest BCUT2D eigenvalue weighted by Crippen LogP contribution is -2.21. The van der Waals surface area contributed by atoms with Crippen molar-refractivity contribution in [3.05, 3.63) is 50.6 Å². The summed E-state index contributed by atoms with van der Waals surface area (Å²) in [5, 5.41) is 7.78. The summed E-state index contributed by atoms with van der Waals surface area (Å²) < 4.78 is 6.71. The number of benzene rings is 1. The number of fused-ring (bicyclic) bond motifs is 1. The molecule has 7 heteroatoms. The SMILES string of the molecule is C/C(=N/NC(=O)Cc1nc(C)cs1)c1cc2cc(Br)ccc2o1. The molecule has 0 fully saturated rings. The summed E-state index contributed by atoms with van der Waals surface area (Å²) in [5.74, 6) is 0.432. The van der Waals surface area contributed by atoms with Gasteiger partial charge in [0.05, 0.1) is 6.42 Å². The van der Waals surface area contributed by atoms with Crippen LogP contribution in [-0.2, 0) is 11.2 Å². The van der Waals surface area contributed by atoms with Crippen LogP contribution in [0.4, 0.5) is 0 Å². The Morgan fingerprint density at radius 3 is 3.00 bits per heavy atom. The zero-order valence-electron chi connectivity index (χ0n) is 12.6. The zero-order chi connectivity index (χ0) is 16.4. The molecule has 2 heterocycles. The van der Waals surface area contributed by atoms with Gasteiger partial charge in [-0.2, -0.15) is 5.10 Å². The van der Waals surface area contributed by atoms with E-state index in [1.165, 1.54) is 11.3 Å². The maximum atomic E-state index is 11.9. The third-order valence-corrected chi connectivity index (χ3v) is 4.62. The molecule has 1 N–H and O–H groups in total. The molecule has 0 saturated carbocycles. The molecule has 2 aromatic heterocycles. The molecule has 0 radical (unpaired) electrons. The highest BCUT2D eigenvalue weighted by Gasteiger charge is 2.09. The number of furan rings is 1. The third kappa shape index (κ3) is 3.86. The average Bonchev–Trinajstić information content (AvgIpc) is 3.10. The van der Waals surface area contributed by atoms with Crippen LogP contribution < -0.4 is 5.43 Å². The number of carbonyl (C=O) groups is 1. The maximum absolute atomic E-state index is 11.9. The molecule has 0 atom stereocenters. The standard InChI is InChI=1S/C16H14BrN3O2S/c1-9-8-23-16(18-9)7-15(21)20-19-10(2)14-6-11-5-12(17)3-4-13(11)22-14/h3-6,8H,7H2,1-2H3,(H,20,21)/b19-10-. The van der Waals surface area contributed by atoms with E-state index in [2.05, 4.69) is 31.4 Å². The second-order valence-corrected chi connectivity index (χ2v) is 6.94. The van der Waals surface area contributed by atoms with Gasteiger partial charge in [-0.25, -0.2) is 10.4 Å². The molecule has 0 aliphatic heterocycles. The summed E-state index contributed by atoms with van der Waals surface area (Å²) in [7, 11) is 0. The molecule has 0 spiro atoms. The van der Waals surface area contributed by atoms with Gasteiger partial charge in [-0.05, 0) is 38.1 Å². The third-order valence-electron chi connectivity index (χ3n) is 3.16. The van der Waals surface area contributed by atoms with Gasteiger partial charge in [0.15, 0.2) is 5.76 Å². The number of carbonyl (C=O) groups excluding carboxylic acids is 1. The molecule has 1 aromatic carbocycles. The van der Waals surface area contributed by atoms with Crippen LogP contribution in [0.3, 0.4) is 0 Å². The Morgan fingerprint density at radius 1 is 1.43 bits per heavy atom. The molecule has 0 bridgehead atoms. The van der Waals surface area contributed by atoms with E-state index in [0.29, 0.717) is 11.5 Å². The number of thiazole rings is 1. The Bertz CT molecular complexity index is 898. The smallest absolute Gasteiger partial charge is 0.246 e. The van der Waals surface area contributed by atoms with E-state index in [9.17, 15) is 4.79 Å². The first-order valence-electron chi connectivity index (χ1n) is 6.95. The van der Waals surface area contributed by atoms with E-state index < -0.39 is 0 Å². The molecule has 0 aliphatic rings. The lowest BCUT2D eigenvalue weighted by molar-refractivity contribution is -0.120. The van der Waals surface area contributed by atoms with Crippen LogP contribution in [0, 0.1) is 6.92 Å². The fourth-order valence-corrected chi connectivity index (χ4v) is 3.20. The normalized spacial score (nSPS) is 11.9. The number of nitrogens with one attached hydrogen (secondary N) is 1. The zero-order valence-corrected chi connectivity index (χ0v) is 15.0. The van der Waals surface area contributed by atoms with Crippen molar-refractivity contribution in [3.8, 4) is 0 Å². The Kier molecular flexibility index (Phi) is 4.58. The second-order valence-electron chi connectivity index (χ2n) is 5.08. The molecule has 3 aromatic rings. The van der Waals surface area contributed by atoms with Gasteiger partial charge in [0, 0.05) is 20.9 Å². The first kappa shape index (κ1) is 15.9. The Labute approximate surface area is 145 Å². The lowest BCUT2D eigenvalue weighted by atomic mass is 10.2. The fraction of sp³-hybridized carbons (Fsp3) is 0.188. The number of hydrogen-bond donors (Lipinski definition) is 1. The summed E-state index contributed by atoms with van der Waals surface area (Å²) in [5.41, 5.74) is 4.85. The first-order valence-corrected chi connectivity index (χ1v) is 8.62. The van der Waals surface area contributed by atoms with Crippen molar-refractivity contribution in [1.82, 2.24) is 10.4 Å². The van der Waals surface area contributed by atoms with E-state index in [1.54, 1.807) is 6.92 Å². The van der Waals surface area contributed by atoms with E-state index in [0.717, 1.165) is 26.1 Å². The summed E-state index contributed by atoms with van der Waals surface area (Å²) in [6, 6.07) is 7.67. The van der Waals surface area contributed by atoms with Gasteiger partial charge in [-0.1, -0.05) is 15.9 Å². The second kappa shape index (κ2) is 6.64. The minimum atomic E-state index is -0.197. The van der Waals surface area contributed by atoms with Crippen LogP contribution in [0.5, 0.6) is 0 Å². The van der Waals surface area contributed by atoms with E-state index in [1.807, 2.05) is 36.6 Å². The molecule has 0 unspecified atom stereocenters. The maximum Gasteiger partial charge on any atom is 0.246 e. The number of nitrogens with zero attached hydrogens (tertiary/aromatic N) is 2. The average molecular weight is 392 g/mol. The van der Waals surface area contributed by atoms with Crippen LogP contribution in [0.1, 0.15) is 23.4 Å². The van der Waals surface area contributed by atoms with Crippen molar-refractivity contribution in [2.24, 2.45) is 5.10 Å². The largest absolute Gasteiger partial charge is 0.455 e. The van der Waals surface area contributed by atoms with Gasteiger partial charge in [-0.3, -0.25) is 4.79 Å². The summed E-state index contributed by atoms with van der Waals surface area (Å²) in [6.07, 6.45) is 0.225. The Balaban J connectivity index is 1.69. The van der Waals surface area contributed by atoms with Crippen molar-refractivity contribution >= 4 is 49.9 Å². The number of halogens is 1. The number of aromatic nitrogens is 1. The minimum Gasteiger partial charge on any atom is -0.455 e. The molecule has 0 saturated heterocycles. The molecule has 23 heavy (non-hydrogen) atoms. The summed E-state index contributed by atoms with van der Waals surface area (Å²) in [6.45, 7) is 3.70. The molecule has 1 amide bonds. The van der Waals surface area contributed by atoms with Crippen LogP contribution >= 0.6 is 27.3 Å². The van der Waals surface area contributed by atoms with Crippen LogP contribution in [-0.4, -0.2) is 16.6 Å². The van der Waals surface area contributed by atoms with E-state index >= 15 is 0 Å². The number of hydrogen-bond acceptors (Lipinski definition) is 5. The van der Waals surface area contributed by atoms with Gasteiger partial charge in [0.1, 0.15) is 16.3 Å². The van der Waals surface area contributed by atoms with Gasteiger partial charge in [-0.15, -0.1) is 11.3 Å². The topological polar surface area (TPSA) is 67.5 Å². The van der Waals surface area contributed by atoms with Gasteiger partial charge < -0.3 is 4.42 Å². The van der Waals surface area contributed by atoms with Gasteiger partial charge in [0.25, 0.3) is 0 Å². The first-order chi connectivity index (χ1) is 11.0. The van der Waals surface area contributed by atoms with E-state index in [-0.39, 0.29) is 12.3 Å². The highest BCUT2D eigenvalue weighted by Crippen LogP contribution is 2.23. The van der Waals surface area contributed by atoms with Crippen molar-refractivity contribution < 1.29 is 9.21 Å². The fourth-order valence-electron chi connectivity index (χ4n) is 2.05. The molecule has 118 valence electrons. The monoisotopic (exact) mass is 391 g/mol. The number of hydrazone groups is 1. The minimum absolute atomic E-state index is 0.197. The van der Waals surface area contributed by atoms with Crippen molar-refractivity contribution in [2.75, 3.05) is 0 Å². The predicted octanol–water partition coefficient (Wildman–Crippen LogP) is 4.04. The lowest BCUT2D eigenvalue weighted by Gasteiger charge is -1.99. The quantitative estimate of drug-likeness (QED) is 0.538. The number of rotatable bonds is 4. The number of amides is 1. The highest BCUT2D eigenvalue weighted by molar-refractivity contribution is 9.10. The van der Waals surface area contributed by atoms with Crippen molar-refractivity contribution in [1.29, 1.82) is 0 Å². The summed E-state index contributed by atoms with van der Waals surface area (Å²) in [4.78, 5) is 16.1. The Hall–Kier alpha value is -1.99. The van der Waals surface area contributed by atoms with Gasteiger partial charge >= 0.3 is 0 Å². The summed E-state index contributed by atoms with van der Waals surface area (Å²) >= 11 is 4.90. The predicted molar refractivity (Wildman–Crippen MR) is 94.8 cm³/mol. The highest BCUT2D eigenvalue weighted by atomic mass is 79.9. The van der Waals surface area contributed by atoms with Crippen LogP contribution in [0.25, 0.3) is 11.0 Å². The molecule has 5 nitrogen and oxygen atoms in total. The molecule has 0 aliphatic carbocycles. The van der Waals surface area contributed by atoms with E-state index in [4.69, 9.17) is 4.42 Å². The van der Waals surface area contributed by atoms with Crippen molar-refractivity contribution in [3.63, 3.8) is 0 Å². The van der Waals surface area contributed by atoms with Crippen LogP contribution in [0.15, 0.2) is 43.6 Å². The number of aryl methyl sites for hydroxylation is 1. The Morgan fingerprint density at radius 2 is 2.26 bits per heavy atom. The van der Waals surface area contributed by atoms with Crippen molar-refractivity contribution in [2.45, 2.75) is 20.3 Å². The van der Waals surface area contributed by atoms with Crippen LogP contribution in [0.2, 0.25) is 0 Å².